The van der Waals surface area contributed by atoms with Crippen molar-refractivity contribution in [2.24, 2.45) is 17.8 Å². The second kappa shape index (κ2) is 12.8. The van der Waals surface area contributed by atoms with Gasteiger partial charge in [-0.1, -0.05) is 40.0 Å². The average Bonchev–Trinajstić information content (AvgIpc) is 2.52. The van der Waals surface area contributed by atoms with Crippen LogP contribution in [0.1, 0.15) is 85.5 Å². The van der Waals surface area contributed by atoms with Crippen LogP contribution in [0.5, 0.6) is 0 Å². The maximum atomic E-state index is 11.9. The van der Waals surface area contributed by atoms with E-state index in [9.17, 15) is 9.90 Å². The summed E-state index contributed by atoms with van der Waals surface area (Å²) >= 11 is 0. The van der Waals surface area contributed by atoms with Gasteiger partial charge in [0, 0.05) is 25.6 Å². The van der Waals surface area contributed by atoms with Gasteiger partial charge in [0.05, 0.1) is 5.60 Å². The van der Waals surface area contributed by atoms with Crippen LogP contribution >= 0.6 is 0 Å². The molecule has 0 aromatic carbocycles. The third-order valence-electron chi connectivity index (χ3n) is 5.13. The zero-order valence-corrected chi connectivity index (χ0v) is 16.3. The molecule has 0 aromatic rings. The molecule has 0 aliphatic rings. The molecule has 0 aromatic heterocycles. The van der Waals surface area contributed by atoms with Gasteiger partial charge in [0.1, 0.15) is 5.78 Å². The van der Waals surface area contributed by atoms with Crippen molar-refractivity contribution in [3.05, 3.63) is 0 Å². The van der Waals surface area contributed by atoms with Crippen molar-refractivity contribution in [1.82, 2.24) is 0 Å². The fraction of sp³-hybridized carbons (Fsp3) is 0.950. The van der Waals surface area contributed by atoms with Crippen LogP contribution in [0.4, 0.5) is 0 Å². The third-order valence-corrected chi connectivity index (χ3v) is 5.13. The molecule has 0 aliphatic heterocycles. The number of aliphatic hydroxyl groups is 3. The average molecular weight is 345 g/mol. The van der Waals surface area contributed by atoms with Crippen molar-refractivity contribution < 1.29 is 20.1 Å². The summed E-state index contributed by atoms with van der Waals surface area (Å²) < 4.78 is 0. The first-order valence-corrected chi connectivity index (χ1v) is 9.68. The van der Waals surface area contributed by atoms with Crippen LogP contribution in [0.25, 0.3) is 0 Å². The van der Waals surface area contributed by atoms with E-state index in [0.29, 0.717) is 24.7 Å². The minimum atomic E-state index is -0.625. The summed E-state index contributed by atoms with van der Waals surface area (Å²) in [5.74, 6) is 1.01. The molecule has 0 saturated carbocycles. The summed E-state index contributed by atoms with van der Waals surface area (Å²) in [4.78, 5) is 11.9. The number of carbonyl (C=O) groups excluding carboxylic acids is 1. The molecule has 24 heavy (non-hydrogen) atoms. The maximum Gasteiger partial charge on any atom is 0.135 e. The molecule has 0 spiro atoms. The zero-order chi connectivity index (χ0) is 18.6. The second-order valence-corrected chi connectivity index (χ2v) is 8.09. The second-order valence-electron chi connectivity index (χ2n) is 8.09. The van der Waals surface area contributed by atoms with Crippen molar-refractivity contribution in [2.45, 2.75) is 91.1 Å². The topological polar surface area (TPSA) is 77.8 Å². The van der Waals surface area contributed by atoms with Crippen molar-refractivity contribution in [3.63, 3.8) is 0 Å². The summed E-state index contributed by atoms with van der Waals surface area (Å²) in [6.45, 7) is 8.28. The number of hydrogen-bond acceptors (Lipinski definition) is 4. The largest absolute Gasteiger partial charge is 0.396 e. The van der Waals surface area contributed by atoms with Crippen molar-refractivity contribution in [2.75, 3.05) is 13.2 Å². The molecule has 0 bridgehead atoms. The lowest BCUT2D eigenvalue weighted by atomic mass is 9.88. The standard InChI is InChI=1S/C20H40O4/c1-16(9-10-19(23)18(3)11-14-21)7-5-12-20(4,24)13-6-8-17(2)15-22/h16-18,21-22,24H,5-15H2,1-4H3/t16-,17?,18?,20+/m1/s1. The molecule has 0 aliphatic carbocycles. The van der Waals surface area contributed by atoms with E-state index in [1.807, 2.05) is 20.8 Å². The molecule has 4 nitrogen and oxygen atoms in total. The number of hydrogen-bond donors (Lipinski definition) is 3. The SMILES string of the molecule is CC(CO)CCC[C@@](C)(O)CCC[C@@H](C)CCC(=O)C(C)CCO. The first-order chi connectivity index (χ1) is 11.2. The van der Waals surface area contributed by atoms with Crippen LogP contribution < -0.4 is 0 Å². The number of ketones is 1. The molecule has 0 radical (unpaired) electrons. The highest BCUT2D eigenvalue weighted by molar-refractivity contribution is 5.80. The lowest BCUT2D eigenvalue weighted by molar-refractivity contribution is -0.123. The van der Waals surface area contributed by atoms with E-state index < -0.39 is 5.60 Å². The van der Waals surface area contributed by atoms with Crippen LogP contribution in [-0.2, 0) is 4.79 Å². The molecule has 0 rings (SSSR count). The summed E-state index contributed by atoms with van der Waals surface area (Å²) in [7, 11) is 0. The van der Waals surface area contributed by atoms with Crippen molar-refractivity contribution >= 4 is 5.78 Å². The summed E-state index contributed by atoms with van der Waals surface area (Å²) in [5, 5.41) is 28.3. The molecule has 0 amide bonds. The van der Waals surface area contributed by atoms with Gasteiger partial charge in [-0.2, -0.15) is 0 Å². The number of aliphatic hydroxyl groups excluding tert-OH is 2. The van der Waals surface area contributed by atoms with E-state index in [4.69, 9.17) is 10.2 Å². The van der Waals surface area contributed by atoms with Gasteiger partial charge >= 0.3 is 0 Å². The van der Waals surface area contributed by atoms with E-state index in [-0.39, 0.29) is 24.9 Å². The van der Waals surface area contributed by atoms with Gasteiger partial charge in [-0.3, -0.25) is 4.79 Å². The highest BCUT2D eigenvalue weighted by atomic mass is 16.3. The normalized spacial score (nSPS) is 18.0. The Hall–Kier alpha value is -0.450. The molecule has 0 heterocycles. The van der Waals surface area contributed by atoms with Gasteiger partial charge in [-0.05, 0) is 50.9 Å². The number of carbonyl (C=O) groups is 1. The van der Waals surface area contributed by atoms with Gasteiger partial charge in [0.25, 0.3) is 0 Å². The van der Waals surface area contributed by atoms with E-state index in [0.717, 1.165) is 44.9 Å². The monoisotopic (exact) mass is 344 g/mol. The van der Waals surface area contributed by atoms with Crippen LogP contribution in [0.15, 0.2) is 0 Å². The quantitative estimate of drug-likeness (QED) is 0.423. The summed E-state index contributed by atoms with van der Waals surface area (Å²) in [6, 6.07) is 0. The Labute approximate surface area is 148 Å². The van der Waals surface area contributed by atoms with Gasteiger partial charge in [-0.15, -0.1) is 0 Å². The minimum Gasteiger partial charge on any atom is -0.396 e. The Kier molecular flexibility index (Phi) is 12.6. The molecular formula is C20H40O4. The lowest BCUT2D eigenvalue weighted by Crippen LogP contribution is -2.24. The third kappa shape index (κ3) is 12.0. The van der Waals surface area contributed by atoms with Gasteiger partial charge in [0.15, 0.2) is 0 Å². The minimum absolute atomic E-state index is 0.0377. The Balaban J connectivity index is 3.85. The molecule has 0 fully saturated rings. The first-order valence-electron chi connectivity index (χ1n) is 9.68. The molecule has 4 heteroatoms. The molecular weight excluding hydrogens is 304 g/mol. The smallest absolute Gasteiger partial charge is 0.135 e. The van der Waals surface area contributed by atoms with E-state index >= 15 is 0 Å². The van der Waals surface area contributed by atoms with Crippen molar-refractivity contribution in [1.29, 1.82) is 0 Å². The fourth-order valence-corrected chi connectivity index (χ4v) is 3.01. The molecule has 0 saturated heterocycles. The van der Waals surface area contributed by atoms with Crippen LogP contribution in [0.3, 0.4) is 0 Å². The van der Waals surface area contributed by atoms with Gasteiger partial charge in [0.2, 0.25) is 0 Å². The Bertz CT molecular complexity index is 328. The number of Topliss-reactive ketones (excluding diaryl/α,β-unsaturated/α-hetero) is 1. The van der Waals surface area contributed by atoms with Gasteiger partial charge < -0.3 is 15.3 Å². The predicted molar refractivity (Wildman–Crippen MR) is 98.8 cm³/mol. The molecule has 3 N–H and O–H groups in total. The van der Waals surface area contributed by atoms with E-state index in [1.165, 1.54) is 0 Å². The summed E-state index contributed by atoms with van der Waals surface area (Å²) in [5.41, 5.74) is -0.625. The van der Waals surface area contributed by atoms with Crippen LogP contribution in [0, 0.1) is 17.8 Å². The molecule has 2 unspecified atom stereocenters. The Morgan fingerprint density at radius 2 is 1.46 bits per heavy atom. The Morgan fingerprint density at radius 1 is 0.917 bits per heavy atom. The lowest BCUT2D eigenvalue weighted by Gasteiger charge is -2.24. The zero-order valence-electron chi connectivity index (χ0n) is 16.3. The predicted octanol–water partition coefficient (Wildman–Crippen LogP) is 3.71. The number of rotatable bonds is 15. The fourth-order valence-electron chi connectivity index (χ4n) is 3.01. The molecule has 4 atom stereocenters. The maximum absolute atomic E-state index is 11.9. The van der Waals surface area contributed by atoms with Crippen LogP contribution in [0.2, 0.25) is 0 Å². The Morgan fingerprint density at radius 3 is 1.96 bits per heavy atom. The highest BCUT2D eigenvalue weighted by Crippen LogP contribution is 2.24. The van der Waals surface area contributed by atoms with Crippen LogP contribution in [-0.4, -0.2) is 39.9 Å². The summed E-state index contributed by atoms with van der Waals surface area (Å²) in [6.07, 6.45) is 7.53. The van der Waals surface area contributed by atoms with E-state index in [2.05, 4.69) is 6.92 Å². The molecule has 144 valence electrons. The van der Waals surface area contributed by atoms with Crippen molar-refractivity contribution in [3.8, 4) is 0 Å². The first kappa shape index (κ1) is 23.5. The van der Waals surface area contributed by atoms with Gasteiger partial charge in [-0.25, -0.2) is 0 Å². The van der Waals surface area contributed by atoms with E-state index in [1.54, 1.807) is 0 Å². The highest BCUT2D eigenvalue weighted by Gasteiger charge is 2.20.